The van der Waals surface area contributed by atoms with Crippen molar-refractivity contribution in [2.45, 2.75) is 38.3 Å². The molecule has 0 spiro atoms. The molecule has 2 unspecified atom stereocenters. The third kappa shape index (κ3) is 3.25. The molecule has 19 heavy (non-hydrogen) atoms. The maximum atomic E-state index is 13.1. The van der Waals surface area contributed by atoms with E-state index in [1.54, 1.807) is 6.07 Å². The van der Waals surface area contributed by atoms with Crippen molar-refractivity contribution in [3.8, 4) is 5.75 Å². The molecule has 0 saturated carbocycles. The molecule has 1 aromatic carbocycles. The summed E-state index contributed by atoms with van der Waals surface area (Å²) in [4.78, 5) is 2.41. The van der Waals surface area contributed by atoms with E-state index in [0.717, 1.165) is 18.7 Å². The SMILES string of the molecule is CNCC1CCCCN1C(C)c1ccc(F)cc1O. The normalized spacial score (nSPS) is 22.4. The van der Waals surface area contributed by atoms with Crippen molar-refractivity contribution < 1.29 is 9.50 Å². The van der Waals surface area contributed by atoms with E-state index in [-0.39, 0.29) is 17.6 Å². The van der Waals surface area contributed by atoms with Gasteiger partial charge in [-0.25, -0.2) is 4.39 Å². The number of likely N-dealkylation sites (N-methyl/N-ethyl adjacent to an activating group) is 1. The second kappa shape index (κ2) is 6.35. The number of likely N-dealkylation sites (tertiary alicyclic amines) is 1. The Bertz CT molecular complexity index is 423. The fraction of sp³-hybridized carbons (Fsp3) is 0.600. The van der Waals surface area contributed by atoms with Gasteiger partial charge in [-0.2, -0.15) is 0 Å². The number of halogens is 1. The highest BCUT2D eigenvalue weighted by Crippen LogP contribution is 2.33. The molecule has 1 saturated heterocycles. The first-order chi connectivity index (χ1) is 9.13. The molecule has 0 aromatic heterocycles. The van der Waals surface area contributed by atoms with Crippen molar-refractivity contribution in [1.29, 1.82) is 0 Å². The average Bonchev–Trinajstić information content (AvgIpc) is 2.39. The van der Waals surface area contributed by atoms with Crippen LogP contribution in [0.5, 0.6) is 5.75 Å². The first-order valence-electron chi connectivity index (χ1n) is 7.02. The lowest BCUT2D eigenvalue weighted by molar-refractivity contribution is 0.102. The number of phenolic OH excluding ortho intramolecular Hbond substituents is 1. The fourth-order valence-electron chi connectivity index (χ4n) is 3.04. The molecule has 0 bridgehead atoms. The largest absolute Gasteiger partial charge is 0.508 e. The molecule has 1 heterocycles. The van der Waals surface area contributed by atoms with Gasteiger partial charge in [-0.1, -0.05) is 12.5 Å². The number of rotatable bonds is 4. The molecule has 2 N–H and O–H groups in total. The Labute approximate surface area is 114 Å². The van der Waals surface area contributed by atoms with Gasteiger partial charge in [-0.15, -0.1) is 0 Å². The summed E-state index contributed by atoms with van der Waals surface area (Å²) in [6.07, 6.45) is 3.62. The Morgan fingerprint density at radius 1 is 1.47 bits per heavy atom. The molecule has 2 rings (SSSR count). The zero-order valence-corrected chi connectivity index (χ0v) is 11.7. The number of nitrogens with one attached hydrogen (secondary N) is 1. The van der Waals surface area contributed by atoms with Crippen molar-refractivity contribution in [3.05, 3.63) is 29.6 Å². The number of hydrogen-bond acceptors (Lipinski definition) is 3. The summed E-state index contributed by atoms with van der Waals surface area (Å²) in [6, 6.07) is 4.91. The minimum atomic E-state index is -0.390. The van der Waals surface area contributed by atoms with E-state index >= 15 is 0 Å². The van der Waals surface area contributed by atoms with Crippen LogP contribution in [0.15, 0.2) is 18.2 Å². The third-order valence-electron chi connectivity index (χ3n) is 4.05. The van der Waals surface area contributed by atoms with Gasteiger partial charge in [-0.3, -0.25) is 4.90 Å². The molecule has 0 radical (unpaired) electrons. The van der Waals surface area contributed by atoms with Crippen LogP contribution in [-0.2, 0) is 0 Å². The summed E-state index contributed by atoms with van der Waals surface area (Å²) in [6.45, 7) is 4.07. The molecular formula is C15H23FN2O. The molecule has 3 nitrogen and oxygen atoms in total. The summed E-state index contributed by atoms with van der Waals surface area (Å²) in [5, 5.41) is 13.2. The van der Waals surface area contributed by atoms with Crippen molar-refractivity contribution in [2.24, 2.45) is 0 Å². The van der Waals surface area contributed by atoms with Gasteiger partial charge in [0.2, 0.25) is 0 Å². The summed E-state index contributed by atoms with van der Waals surface area (Å²) in [7, 11) is 1.97. The zero-order valence-electron chi connectivity index (χ0n) is 11.7. The van der Waals surface area contributed by atoms with E-state index in [0.29, 0.717) is 6.04 Å². The van der Waals surface area contributed by atoms with E-state index in [1.165, 1.54) is 31.4 Å². The van der Waals surface area contributed by atoms with Crippen LogP contribution in [0.3, 0.4) is 0 Å². The highest BCUT2D eigenvalue weighted by Gasteiger charge is 2.28. The molecule has 1 aromatic rings. The van der Waals surface area contributed by atoms with Gasteiger partial charge >= 0.3 is 0 Å². The van der Waals surface area contributed by atoms with Crippen LogP contribution in [0.2, 0.25) is 0 Å². The predicted molar refractivity (Wildman–Crippen MR) is 74.8 cm³/mol. The van der Waals surface area contributed by atoms with Crippen LogP contribution in [-0.4, -0.2) is 36.2 Å². The lowest BCUT2D eigenvalue weighted by Gasteiger charge is -2.40. The van der Waals surface area contributed by atoms with Crippen molar-refractivity contribution in [2.75, 3.05) is 20.1 Å². The molecule has 1 fully saturated rings. The lowest BCUT2D eigenvalue weighted by Crippen LogP contribution is -2.45. The Kier molecular flexibility index (Phi) is 4.77. The Balaban J connectivity index is 2.18. The van der Waals surface area contributed by atoms with Crippen LogP contribution in [0.4, 0.5) is 4.39 Å². The van der Waals surface area contributed by atoms with Crippen LogP contribution >= 0.6 is 0 Å². The molecule has 1 aliphatic rings. The molecule has 4 heteroatoms. The molecule has 0 amide bonds. The van der Waals surface area contributed by atoms with Crippen molar-refractivity contribution in [3.63, 3.8) is 0 Å². The summed E-state index contributed by atoms with van der Waals surface area (Å²) in [5.74, 6) is -0.333. The smallest absolute Gasteiger partial charge is 0.126 e. The quantitative estimate of drug-likeness (QED) is 0.879. The van der Waals surface area contributed by atoms with Crippen LogP contribution in [0.25, 0.3) is 0 Å². The Morgan fingerprint density at radius 3 is 2.95 bits per heavy atom. The summed E-state index contributed by atoms with van der Waals surface area (Å²) >= 11 is 0. The van der Waals surface area contributed by atoms with Crippen LogP contribution < -0.4 is 5.32 Å². The summed E-state index contributed by atoms with van der Waals surface area (Å²) in [5.41, 5.74) is 0.810. The molecule has 1 aliphatic heterocycles. The Morgan fingerprint density at radius 2 is 2.26 bits per heavy atom. The van der Waals surface area contributed by atoms with Gasteiger partial charge in [0, 0.05) is 30.3 Å². The van der Waals surface area contributed by atoms with E-state index in [9.17, 15) is 9.50 Å². The van der Waals surface area contributed by atoms with Gasteiger partial charge in [0.25, 0.3) is 0 Å². The third-order valence-corrected chi connectivity index (χ3v) is 4.05. The first-order valence-corrected chi connectivity index (χ1v) is 7.02. The minimum Gasteiger partial charge on any atom is -0.508 e. The van der Waals surface area contributed by atoms with Gasteiger partial charge in [0.15, 0.2) is 0 Å². The zero-order chi connectivity index (χ0) is 13.8. The highest BCUT2D eigenvalue weighted by atomic mass is 19.1. The van der Waals surface area contributed by atoms with Crippen LogP contribution in [0, 0.1) is 5.82 Å². The molecule has 106 valence electrons. The maximum Gasteiger partial charge on any atom is 0.126 e. The maximum absolute atomic E-state index is 13.1. The van der Waals surface area contributed by atoms with E-state index in [1.807, 2.05) is 7.05 Å². The highest BCUT2D eigenvalue weighted by molar-refractivity contribution is 5.35. The van der Waals surface area contributed by atoms with Gasteiger partial charge in [0.05, 0.1) is 0 Å². The van der Waals surface area contributed by atoms with E-state index in [2.05, 4.69) is 17.1 Å². The number of nitrogens with zero attached hydrogens (tertiary/aromatic N) is 1. The summed E-state index contributed by atoms with van der Waals surface area (Å²) < 4.78 is 13.1. The number of benzene rings is 1. The van der Waals surface area contributed by atoms with Crippen molar-refractivity contribution >= 4 is 0 Å². The van der Waals surface area contributed by atoms with Gasteiger partial charge < -0.3 is 10.4 Å². The number of aromatic hydroxyl groups is 1. The van der Waals surface area contributed by atoms with Crippen molar-refractivity contribution in [1.82, 2.24) is 10.2 Å². The first kappa shape index (κ1) is 14.3. The predicted octanol–water partition coefficient (Wildman–Crippen LogP) is 2.67. The number of phenols is 1. The van der Waals surface area contributed by atoms with E-state index in [4.69, 9.17) is 0 Å². The van der Waals surface area contributed by atoms with E-state index < -0.39 is 0 Å². The molecule has 0 aliphatic carbocycles. The minimum absolute atomic E-state index is 0.0567. The molecule has 2 atom stereocenters. The second-order valence-corrected chi connectivity index (χ2v) is 5.32. The van der Waals surface area contributed by atoms with Gasteiger partial charge in [0.1, 0.15) is 11.6 Å². The van der Waals surface area contributed by atoms with Crippen LogP contribution in [0.1, 0.15) is 37.8 Å². The lowest BCUT2D eigenvalue weighted by atomic mass is 9.96. The standard InChI is InChI=1S/C15H23FN2O/c1-11(14-7-6-12(16)9-15(14)19)18-8-4-3-5-13(18)10-17-2/h6-7,9,11,13,17,19H,3-5,8,10H2,1-2H3. The second-order valence-electron chi connectivity index (χ2n) is 5.32. The number of hydrogen-bond donors (Lipinski definition) is 2. The molecular weight excluding hydrogens is 243 g/mol. The van der Waals surface area contributed by atoms with Gasteiger partial charge in [-0.05, 0) is 39.4 Å². The average molecular weight is 266 g/mol. The monoisotopic (exact) mass is 266 g/mol. The Hall–Kier alpha value is -1.13. The number of piperidine rings is 1. The topological polar surface area (TPSA) is 35.5 Å². The fourth-order valence-corrected chi connectivity index (χ4v) is 3.04.